The third-order valence-corrected chi connectivity index (χ3v) is 3.34. The zero-order valence-electron chi connectivity index (χ0n) is 9.69. The van der Waals surface area contributed by atoms with Crippen LogP contribution in [0.15, 0.2) is 47.2 Å². The van der Waals surface area contributed by atoms with E-state index in [1.807, 2.05) is 35.0 Å². The zero-order chi connectivity index (χ0) is 12.7. The van der Waals surface area contributed by atoms with Gasteiger partial charge in [-0.25, -0.2) is 9.37 Å². The second-order valence-electron chi connectivity index (χ2n) is 4.20. The molecule has 18 heavy (non-hydrogen) atoms. The van der Waals surface area contributed by atoms with Crippen LogP contribution in [0.4, 0.5) is 4.39 Å². The van der Waals surface area contributed by atoms with Crippen LogP contribution >= 0.6 is 15.9 Å². The molecule has 0 aliphatic heterocycles. The van der Waals surface area contributed by atoms with E-state index in [2.05, 4.69) is 20.9 Å². The highest BCUT2D eigenvalue weighted by molar-refractivity contribution is 9.10. The zero-order valence-corrected chi connectivity index (χ0v) is 11.3. The van der Waals surface area contributed by atoms with Crippen LogP contribution < -0.4 is 0 Å². The highest BCUT2D eigenvalue weighted by Gasteiger charge is 2.06. The van der Waals surface area contributed by atoms with Crippen LogP contribution in [0.25, 0.3) is 16.9 Å². The van der Waals surface area contributed by atoms with Crippen molar-refractivity contribution in [1.82, 2.24) is 9.38 Å². The lowest BCUT2D eigenvalue weighted by molar-refractivity contribution is 0.619. The summed E-state index contributed by atoms with van der Waals surface area (Å²) in [5.41, 5.74) is 3.27. The summed E-state index contributed by atoms with van der Waals surface area (Å²) in [4.78, 5) is 4.51. The van der Waals surface area contributed by atoms with Crippen molar-refractivity contribution < 1.29 is 4.39 Å². The lowest BCUT2D eigenvalue weighted by Gasteiger charge is -1.99. The molecule has 0 N–H and O–H groups in total. The highest BCUT2D eigenvalue weighted by atomic mass is 79.9. The van der Waals surface area contributed by atoms with Gasteiger partial charge in [0.1, 0.15) is 11.5 Å². The van der Waals surface area contributed by atoms with E-state index in [0.717, 1.165) is 21.4 Å². The summed E-state index contributed by atoms with van der Waals surface area (Å²) in [6.07, 6.45) is 3.88. The van der Waals surface area contributed by atoms with Crippen LogP contribution in [0.3, 0.4) is 0 Å². The van der Waals surface area contributed by atoms with Gasteiger partial charge < -0.3 is 4.40 Å². The van der Waals surface area contributed by atoms with Crippen LogP contribution in [-0.4, -0.2) is 9.38 Å². The van der Waals surface area contributed by atoms with Gasteiger partial charge in [-0.1, -0.05) is 0 Å². The Morgan fingerprint density at radius 1 is 1.17 bits per heavy atom. The van der Waals surface area contributed by atoms with Gasteiger partial charge in [-0.15, -0.1) is 0 Å². The number of hydrogen-bond acceptors (Lipinski definition) is 1. The topological polar surface area (TPSA) is 17.3 Å². The fraction of sp³-hybridized carbons (Fsp3) is 0.0714. The molecule has 0 aliphatic rings. The Morgan fingerprint density at radius 2 is 2.00 bits per heavy atom. The summed E-state index contributed by atoms with van der Waals surface area (Å²) in [6, 6.07) is 8.92. The van der Waals surface area contributed by atoms with E-state index < -0.39 is 0 Å². The molecule has 0 saturated carbocycles. The normalized spacial score (nSPS) is 11.1. The number of aromatic nitrogens is 2. The highest BCUT2D eigenvalue weighted by Crippen LogP contribution is 2.22. The molecule has 90 valence electrons. The van der Waals surface area contributed by atoms with E-state index in [-0.39, 0.29) is 5.82 Å². The molecule has 0 bridgehead atoms. The predicted molar refractivity (Wildman–Crippen MR) is 73.0 cm³/mol. The minimum absolute atomic E-state index is 0.190. The molecule has 0 saturated heterocycles. The number of imidazole rings is 1. The van der Waals surface area contributed by atoms with E-state index >= 15 is 0 Å². The molecule has 0 fully saturated rings. The molecule has 2 heterocycles. The van der Waals surface area contributed by atoms with Crippen molar-refractivity contribution in [3.8, 4) is 11.3 Å². The van der Waals surface area contributed by atoms with Crippen LogP contribution in [0.2, 0.25) is 0 Å². The molecule has 0 aliphatic carbocycles. The Bertz CT molecular complexity index is 734. The van der Waals surface area contributed by atoms with Gasteiger partial charge in [0.15, 0.2) is 0 Å². The summed E-state index contributed by atoms with van der Waals surface area (Å²) in [6.45, 7) is 1.76. The third kappa shape index (κ3) is 1.93. The van der Waals surface area contributed by atoms with Gasteiger partial charge in [-0.3, -0.25) is 0 Å². The fourth-order valence-corrected chi connectivity index (χ4v) is 2.26. The Hall–Kier alpha value is -1.68. The number of fused-ring (bicyclic) bond motifs is 1. The van der Waals surface area contributed by atoms with Crippen LogP contribution in [0.5, 0.6) is 0 Å². The maximum Gasteiger partial charge on any atom is 0.137 e. The molecule has 0 amide bonds. The average Bonchev–Trinajstić information content (AvgIpc) is 2.75. The molecule has 0 atom stereocenters. The lowest BCUT2D eigenvalue weighted by atomic mass is 10.1. The first kappa shape index (κ1) is 11.4. The largest absolute Gasteiger partial charge is 0.305 e. The van der Waals surface area contributed by atoms with Gasteiger partial charge in [-0.05, 0) is 58.7 Å². The van der Waals surface area contributed by atoms with Gasteiger partial charge >= 0.3 is 0 Å². The van der Waals surface area contributed by atoms with Gasteiger partial charge in [-0.2, -0.15) is 0 Å². The molecular formula is C14H10BrFN2. The first-order chi connectivity index (χ1) is 8.63. The number of halogens is 2. The lowest BCUT2D eigenvalue weighted by Crippen LogP contribution is -1.84. The van der Waals surface area contributed by atoms with Gasteiger partial charge in [0.25, 0.3) is 0 Å². The smallest absolute Gasteiger partial charge is 0.137 e. The summed E-state index contributed by atoms with van der Waals surface area (Å²) < 4.78 is 16.2. The molecule has 2 aromatic heterocycles. The SMILES string of the molecule is Cc1cc(-c2cn3cc(Br)ccc3n2)ccc1F. The molecular weight excluding hydrogens is 295 g/mol. The molecule has 1 aromatic carbocycles. The molecule has 4 heteroatoms. The Labute approximate surface area is 112 Å². The van der Waals surface area contributed by atoms with Crippen molar-refractivity contribution in [2.45, 2.75) is 6.92 Å². The second kappa shape index (κ2) is 4.21. The summed E-state index contributed by atoms with van der Waals surface area (Å²) in [5, 5.41) is 0. The quantitative estimate of drug-likeness (QED) is 0.658. The minimum Gasteiger partial charge on any atom is -0.305 e. The number of pyridine rings is 1. The van der Waals surface area contributed by atoms with E-state index in [0.29, 0.717) is 5.56 Å². The third-order valence-electron chi connectivity index (χ3n) is 2.87. The Morgan fingerprint density at radius 3 is 2.78 bits per heavy atom. The van der Waals surface area contributed by atoms with Crippen molar-refractivity contribution in [2.75, 3.05) is 0 Å². The first-order valence-corrected chi connectivity index (χ1v) is 6.33. The van der Waals surface area contributed by atoms with Crippen molar-refractivity contribution in [2.24, 2.45) is 0 Å². The number of nitrogens with zero attached hydrogens (tertiary/aromatic N) is 2. The number of benzene rings is 1. The molecule has 2 nitrogen and oxygen atoms in total. The predicted octanol–water partition coefficient (Wildman–Crippen LogP) is 4.21. The summed E-state index contributed by atoms with van der Waals surface area (Å²) in [7, 11) is 0. The van der Waals surface area contributed by atoms with Crippen LogP contribution in [-0.2, 0) is 0 Å². The minimum atomic E-state index is -0.190. The molecule has 0 radical (unpaired) electrons. The monoisotopic (exact) mass is 304 g/mol. The molecule has 0 spiro atoms. The maximum atomic E-state index is 13.2. The summed E-state index contributed by atoms with van der Waals surface area (Å²) >= 11 is 3.42. The average molecular weight is 305 g/mol. The van der Waals surface area contributed by atoms with Crippen LogP contribution in [0, 0.1) is 12.7 Å². The van der Waals surface area contributed by atoms with Crippen molar-refractivity contribution >= 4 is 21.6 Å². The number of aryl methyl sites for hydroxylation is 1. The maximum absolute atomic E-state index is 13.2. The Balaban J connectivity index is 2.16. The van der Waals surface area contributed by atoms with Crippen molar-refractivity contribution in [3.63, 3.8) is 0 Å². The van der Waals surface area contributed by atoms with E-state index in [4.69, 9.17) is 0 Å². The van der Waals surface area contributed by atoms with Gasteiger partial charge in [0.2, 0.25) is 0 Å². The number of rotatable bonds is 1. The Kier molecular flexibility index (Phi) is 2.67. The molecule has 3 aromatic rings. The van der Waals surface area contributed by atoms with Gasteiger partial charge in [0.05, 0.1) is 5.69 Å². The number of hydrogen-bond donors (Lipinski definition) is 0. The summed E-state index contributed by atoms with van der Waals surface area (Å²) in [5.74, 6) is -0.190. The first-order valence-electron chi connectivity index (χ1n) is 5.54. The van der Waals surface area contributed by atoms with Gasteiger partial charge in [0, 0.05) is 22.4 Å². The molecule has 0 unspecified atom stereocenters. The van der Waals surface area contributed by atoms with E-state index in [1.165, 1.54) is 6.07 Å². The fourth-order valence-electron chi connectivity index (χ4n) is 1.91. The molecule has 3 rings (SSSR count). The van der Waals surface area contributed by atoms with Crippen molar-refractivity contribution in [3.05, 3.63) is 58.6 Å². The standard InChI is InChI=1S/C14H10BrFN2/c1-9-6-10(2-4-12(9)16)13-8-18-7-11(15)3-5-14(18)17-13/h2-8H,1H3. The van der Waals surface area contributed by atoms with Crippen molar-refractivity contribution in [1.29, 1.82) is 0 Å². The van der Waals surface area contributed by atoms with Crippen LogP contribution in [0.1, 0.15) is 5.56 Å². The second-order valence-corrected chi connectivity index (χ2v) is 5.12. The van der Waals surface area contributed by atoms with E-state index in [9.17, 15) is 4.39 Å². The van der Waals surface area contributed by atoms with E-state index in [1.54, 1.807) is 13.0 Å².